The molecule has 0 saturated heterocycles. The first kappa shape index (κ1) is 18.3. The van der Waals surface area contributed by atoms with Gasteiger partial charge in [0.25, 0.3) is 10.0 Å². The highest BCUT2D eigenvalue weighted by Gasteiger charge is 2.14. The molecular weight excluding hydrogens is 370 g/mol. The summed E-state index contributed by atoms with van der Waals surface area (Å²) >= 11 is 5.84. The summed E-state index contributed by atoms with van der Waals surface area (Å²) in [5.74, 6) is 1.25. The highest BCUT2D eigenvalue weighted by molar-refractivity contribution is 7.92. The zero-order chi connectivity index (χ0) is 18.6. The van der Waals surface area contributed by atoms with Gasteiger partial charge in [0.2, 0.25) is 0 Å². The van der Waals surface area contributed by atoms with E-state index in [0.717, 1.165) is 12.0 Å². The number of rotatable bonds is 6. The van der Waals surface area contributed by atoms with E-state index in [1.165, 1.54) is 0 Å². The van der Waals surface area contributed by atoms with Crippen LogP contribution in [0.2, 0.25) is 5.02 Å². The third kappa shape index (κ3) is 4.56. The summed E-state index contributed by atoms with van der Waals surface area (Å²) in [5.41, 5.74) is 1.56. The molecule has 0 atom stereocenters. The zero-order valence-corrected chi connectivity index (χ0v) is 15.7. The number of halogens is 1. The molecule has 1 N–H and O–H groups in total. The van der Waals surface area contributed by atoms with Crippen LogP contribution >= 0.6 is 11.6 Å². The van der Waals surface area contributed by atoms with Crippen LogP contribution in [0.4, 0.5) is 5.69 Å². The first-order valence-corrected chi connectivity index (χ1v) is 9.97. The Labute approximate surface area is 158 Å². The summed E-state index contributed by atoms with van der Waals surface area (Å²) < 4.78 is 33.2. The second-order valence-corrected chi connectivity index (χ2v) is 7.80. The van der Waals surface area contributed by atoms with Gasteiger partial charge in [-0.15, -0.1) is 0 Å². The van der Waals surface area contributed by atoms with Crippen LogP contribution in [0.5, 0.6) is 11.5 Å². The van der Waals surface area contributed by atoms with Gasteiger partial charge in [-0.25, -0.2) is 8.42 Å². The Hall–Kier alpha value is -2.50. The van der Waals surface area contributed by atoms with Gasteiger partial charge in [0.1, 0.15) is 11.5 Å². The van der Waals surface area contributed by atoms with Crippen molar-refractivity contribution in [2.75, 3.05) is 4.72 Å². The largest absolute Gasteiger partial charge is 0.457 e. The van der Waals surface area contributed by atoms with Gasteiger partial charge in [-0.2, -0.15) is 0 Å². The molecule has 3 rings (SSSR count). The highest BCUT2D eigenvalue weighted by Crippen LogP contribution is 2.25. The van der Waals surface area contributed by atoms with Gasteiger partial charge < -0.3 is 4.74 Å². The molecule has 6 heteroatoms. The van der Waals surface area contributed by atoms with Crippen LogP contribution in [0.25, 0.3) is 0 Å². The smallest absolute Gasteiger partial charge is 0.261 e. The highest BCUT2D eigenvalue weighted by atomic mass is 35.5. The maximum absolute atomic E-state index is 12.5. The standard InChI is InChI=1S/C20H18ClNO3S/c1-2-15-3-13-20(14-4-15)26(23,24)22-17-7-11-19(12-8-17)25-18-9-5-16(21)6-10-18/h3-14,22H,2H2,1H3. The minimum Gasteiger partial charge on any atom is -0.457 e. The number of anilines is 1. The van der Waals surface area contributed by atoms with Gasteiger partial charge in [-0.3, -0.25) is 4.72 Å². The lowest BCUT2D eigenvalue weighted by molar-refractivity contribution is 0.483. The van der Waals surface area contributed by atoms with Gasteiger partial charge >= 0.3 is 0 Å². The molecule has 0 amide bonds. The molecule has 0 fully saturated rings. The molecule has 0 spiro atoms. The van der Waals surface area contributed by atoms with Crippen LogP contribution < -0.4 is 9.46 Å². The van der Waals surface area contributed by atoms with Crippen LogP contribution in [-0.4, -0.2) is 8.42 Å². The van der Waals surface area contributed by atoms with Crippen molar-refractivity contribution in [3.8, 4) is 11.5 Å². The molecule has 0 radical (unpaired) electrons. The van der Waals surface area contributed by atoms with E-state index in [0.29, 0.717) is 22.2 Å². The fourth-order valence-corrected chi connectivity index (χ4v) is 3.53. The Balaban J connectivity index is 1.70. The maximum Gasteiger partial charge on any atom is 0.261 e. The summed E-state index contributed by atoms with van der Waals surface area (Å²) in [6.07, 6.45) is 0.864. The minimum atomic E-state index is -3.62. The van der Waals surface area contributed by atoms with Gasteiger partial charge in [-0.05, 0) is 72.6 Å². The van der Waals surface area contributed by atoms with Gasteiger partial charge in [0, 0.05) is 10.7 Å². The Morgan fingerprint density at radius 3 is 1.92 bits per heavy atom. The van der Waals surface area contributed by atoms with Gasteiger partial charge in [0.15, 0.2) is 0 Å². The Kier molecular flexibility index (Phi) is 5.49. The molecule has 26 heavy (non-hydrogen) atoms. The van der Waals surface area contributed by atoms with Crippen molar-refractivity contribution in [1.82, 2.24) is 0 Å². The van der Waals surface area contributed by atoms with Crippen molar-refractivity contribution in [2.45, 2.75) is 18.2 Å². The molecule has 3 aromatic rings. The van der Waals surface area contributed by atoms with Crippen molar-refractivity contribution in [2.24, 2.45) is 0 Å². The molecular formula is C20H18ClNO3S. The quantitative estimate of drug-likeness (QED) is 0.608. The van der Waals surface area contributed by atoms with Crippen molar-refractivity contribution in [3.63, 3.8) is 0 Å². The lowest BCUT2D eigenvalue weighted by Gasteiger charge is -2.10. The van der Waals surface area contributed by atoms with E-state index >= 15 is 0 Å². The zero-order valence-electron chi connectivity index (χ0n) is 14.1. The van der Waals surface area contributed by atoms with Crippen molar-refractivity contribution >= 4 is 27.3 Å². The topological polar surface area (TPSA) is 55.4 Å². The van der Waals surface area contributed by atoms with Gasteiger partial charge in [0.05, 0.1) is 4.90 Å². The summed E-state index contributed by atoms with van der Waals surface area (Å²) in [6.45, 7) is 2.02. The number of hydrogen-bond donors (Lipinski definition) is 1. The molecule has 0 aliphatic heterocycles. The van der Waals surface area contributed by atoms with E-state index in [1.807, 2.05) is 19.1 Å². The molecule has 0 bridgehead atoms. The number of aryl methyl sites for hydroxylation is 1. The number of benzene rings is 3. The summed E-state index contributed by atoms with van der Waals surface area (Å²) in [6, 6.07) is 20.6. The van der Waals surface area contributed by atoms with Gasteiger partial charge in [-0.1, -0.05) is 30.7 Å². The lowest BCUT2D eigenvalue weighted by Crippen LogP contribution is -2.12. The first-order valence-electron chi connectivity index (χ1n) is 8.11. The summed E-state index contributed by atoms with van der Waals surface area (Å²) in [4.78, 5) is 0.233. The monoisotopic (exact) mass is 387 g/mol. The van der Waals surface area contributed by atoms with Crippen LogP contribution in [0.15, 0.2) is 77.7 Å². The fraction of sp³-hybridized carbons (Fsp3) is 0.100. The number of sulfonamides is 1. The molecule has 0 aliphatic rings. The average molecular weight is 388 g/mol. The molecule has 3 aromatic carbocycles. The third-order valence-electron chi connectivity index (χ3n) is 3.80. The van der Waals surface area contributed by atoms with Crippen molar-refractivity contribution in [3.05, 3.63) is 83.4 Å². The SMILES string of the molecule is CCc1ccc(S(=O)(=O)Nc2ccc(Oc3ccc(Cl)cc3)cc2)cc1. The van der Waals surface area contributed by atoms with E-state index < -0.39 is 10.0 Å². The maximum atomic E-state index is 12.5. The number of nitrogens with one attached hydrogen (secondary N) is 1. The molecule has 0 aliphatic carbocycles. The predicted octanol–water partition coefficient (Wildman–Crippen LogP) is 5.50. The molecule has 0 unspecified atom stereocenters. The number of ether oxygens (including phenoxy) is 1. The molecule has 0 heterocycles. The Bertz CT molecular complexity index is 967. The van der Waals surface area contributed by atoms with Crippen molar-refractivity contribution in [1.29, 1.82) is 0 Å². The molecule has 4 nitrogen and oxygen atoms in total. The molecule has 134 valence electrons. The minimum absolute atomic E-state index is 0.233. The third-order valence-corrected chi connectivity index (χ3v) is 5.45. The van der Waals surface area contributed by atoms with Crippen LogP contribution in [0, 0.1) is 0 Å². The number of hydrogen-bond acceptors (Lipinski definition) is 3. The van der Waals surface area contributed by atoms with E-state index in [2.05, 4.69) is 4.72 Å². The van der Waals surface area contributed by atoms with Crippen LogP contribution in [-0.2, 0) is 16.4 Å². The normalized spacial score (nSPS) is 11.2. The first-order chi connectivity index (χ1) is 12.5. The fourth-order valence-electron chi connectivity index (χ4n) is 2.35. The predicted molar refractivity (Wildman–Crippen MR) is 105 cm³/mol. The van der Waals surface area contributed by atoms with Crippen LogP contribution in [0.1, 0.15) is 12.5 Å². The van der Waals surface area contributed by atoms with E-state index in [9.17, 15) is 8.42 Å². The van der Waals surface area contributed by atoms with E-state index in [4.69, 9.17) is 16.3 Å². The van der Waals surface area contributed by atoms with Crippen LogP contribution in [0.3, 0.4) is 0 Å². The summed E-state index contributed by atoms with van der Waals surface area (Å²) in [7, 11) is -3.62. The van der Waals surface area contributed by atoms with E-state index in [-0.39, 0.29) is 4.90 Å². The lowest BCUT2D eigenvalue weighted by atomic mass is 10.2. The van der Waals surface area contributed by atoms with Crippen molar-refractivity contribution < 1.29 is 13.2 Å². The summed E-state index contributed by atoms with van der Waals surface area (Å²) in [5, 5.41) is 0.633. The molecule has 0 saturated carbocycles. The second kappa shape index (κ2) is 7.81. The van der Waals surface area contributed by atoms with E-state index in [1.54, 1.807) is 60.7 Å². The average Bonchev–Trinajstić information content (AvgIpc) is 2.65. The Morgan fingerprint density at radius 1 is 0.846 bits per heavy atom. The Morgan fingerprint density at radius 2 is 1.38 bits per heavy atom. The molecule has 0 aromatic heterocycles. The second-order valence-electron chi connectivity index (χ2n) is 5.68.